The maximum Gasteiger partial charge on any atom is 0.328 e. The maximum absolute atomic E-state index is 13.0. The zero-order valence-corrected chi connectivity index (χ0v) is 14.7. The summed E-state index contributed by atoms with van der Waals surface area (Å²) >= 11 is 6.25. The number of urea groups is 1. The van der Waals surface area contributed by atoms with Crippen LogP contribution in [0.2, 0.25) is 5.02 Å². The number of carbonyl (C=O) groups is 3. The summed E-state index contributed by atoms with van der Waals surface area (Å²) in [5, 5.41) is 0.397. The third-order valence-electron chi connectivity index (χ3n) is 4.65. The van der Waals surface area contributed by atoms with Crippen LogP contribution in [0.25, 0.3) is 0 Å². The molecular formula is C19H17ClN2O3. The van der Waals surface area contributed by atoms with Gasteiger partial charge in [0.2, 0.25) is 0 Å². The fourth-order valence-corrected chi connectivity index (χ4v) is 3.34. The number of nitrogens with zero attached hydrogens (tertiary/aromatic N) is 2. The van der Waals surface area contributed by atoms with Crippen molar-refractivity contribution in [3.05, 3.63) is 70.7 Å². The minimum atomic E-state index is -1.24. The second kappa shape index (κ2) is 6.33. The second-order valence-electron chi connectivity index (χ2n) is 6.07. The summed E-state index contributed by atoms with van der Waals surface area (Å²) in [7, 11) is 1.54. The molecule has 25 heavy (non-hydrogen) atoms. The number of hydrogen-bond acceptors (Lipinski definition) is 3. The predicted octanol–water partition coefficient (Wildman–Crippen LogP) is 3.33. The highest BCUT2D eigenvalue weighted by atomic mass is 35.5. The number of likely N-dealkylation sites (N-methyl/N-ethyl adjacent to an activating group) is 1. The van der Waals surface area contributed by atoms with Gasteiger partial charge in [-0.05, 0) is 13.0 Å². The Labute approximate surface area is 150 Å². The molecular weight excluding hydrogens is 340 g/mol. The summed E-state index contributed by atoms with van der Waals surface area (Å²) in [6.45, 7) is 1.34. The molecule has 3 rings (SSSR count). The van der Waals surface area contributed by atoms with Crippen LogP contribution in [0.15, 0.2) is 54.6 Å². The van der Waals surface area contributed by atoms with Gasteiger partial charge in [-0.25, -0.2) is 4.79 Å². The zero-order valence-electron chi connectivity index (χ0n) is 13.9. The van der Waals surface area contributed by atoms with Gasteiger partial charge in [-0.2, -0.15) is 0 Å². The van der Waals surface area contributed by atoms with E-state index in [1.165, 1.54) is 11.9 Å². The molecule has 0 aromatic heterocycles. The average molecular weight is 357 g/mol. The van der Waals surface area contributed by atoms with E-state index in [4.69, 9.17) is 11.6 Å². The van der Waals surface area contributed by atoms with Gasteiger partial charge in [0.25, 0.3) is 5.91 Å². The van der Waals surface area contributed by atoms with Crippen LogP contribution in [0.5, 0.6) is 0 Å². The summed E-state index contributed by atoms with van der Waals surface area (Å²) < 4.78 is 0. The van der Waals surface area contributed by atoms with Crippen molar-refractivity contribution in [2.75, 3.05) is 13.6 Å². The van der Waals surface area contributed by atoms with Crippen LogP contribution < -0.4 is 0 Å². The van der Waals surface area contributed by atoms with Crippen LogP contribution in [-0.4, -0.2) is 41.1 Å². The van der Waals surface area contributed by atoms with E-state index in [0.717, 1.165) is 4.90 Å². The van der Waals surface area contributed by atoms with Gasteiger partial charge in [0.05, 0.1) is 6.54 Å². The number of halogens is 1. The second-order valence-corrected chi connectivity index (χ2v) is 6.48. The molecule has 1 aliphatic rings. The molecule has 1 saturated heterocycles. The Morgan fingerprint density at radius 1 is 1.04 bits per heavy atom. The average Bonchev–Trinajstić information content (AvgIpc) is 2.79. The number of amides is 3. The summed E-state index contributed by atoms with van der Waals surface area (Å²) in [4.78, 5) is 40.4. The van der Waals surface area contributed by atoms with E-state index in [1.807, 2.05) is 0 Å². The zero-order chi connectivity index (χ0) is 18.2. The van der Waals surface area contributed by atoms with Gasteiger partial charge in [-0.1, -0.05) is 60.1 Å². The smallest absolute Gasteiger partial charge is 0.309 e. The highest BCUT2D eigenvalue weighted by Gasteiger charge is 2.54. The Balaban J connectivity index is 1.94. The third kappa shape index (κ3) is 2.70. The van der Waals surface area contributed by atoms with Crippen LogP contribution in [0.1, 0.15) is 22.8 Å². The first-order valence-electron chi connectivity index (χ1n) is 7.80. The molecule has 3 amide bonds. The number of hydrogen-bond donors (Lipinski definition) is 0. The fraction of sp³-hybridized carbons (Fsp3) is 0.211. The minimum absolute atomic E-state index is 0.292. The Morgan fingerprint density at radius 2 is 1.64 bits per heavy atom. The van der Waals surface area contributed by atoms with E-state index in [-0.39, 0.29) is 12.3 Å². The van der Waals surface area contributed by atoms with Crippen molar-refractivity contribution in [2.45, 2.75) is 12.5 Å². The van der Waals surface area contributed by atoms with Crippen molar-refractivity contribution in [2.24, 2.45) is 0 Å². The summed E-state index contributed by atoms with van der Waals surface area (Å²) in [6.07, 6.45) is 0. The van der Waals surface area contributed by atoms with Crippen LogP contribution in [0.4, 0.5) is 4.79 Å². The van der Waals surface area contributed by atoms with Gasteiger partial charge < -0.3 is 4.90 Å². The molecule has 0 N–H and O–H groups in total. The predicted molar refractivity (Wildman–Crippen MR) is 94.4 cm³/mol. The van der Waals surface area contributed by atoms with Crippen molar-refractivity contribution in [1.29, 1.82) is 0 Å². The monoisotopic (exact) mass is 356 g/mol. The Kier molecular flexibility index (Phi) is 4.35. The lowest BCUT2D eigenvalue weighted by Crippen LogP contribution is -2.42. The molecule has 1 unspecified atom stereocenters. The molecule has 1 atom stereocenters. The fourth-order valence-electron chi connectivity index (χ4n) is 3.02. The Bertz CT molecular complexity index is 853. The van der Waals surface area contributed by atoms with Gasteiger partial charge >= 0.3 is 6.03 Å². The summed E-state index contributed by atoms with van der Waals surface area (Å²) in [5.41, 5.74) is -0.254. The van der Waals surface area contributed by atoms with Gasteiger partial charge in [0, 0.05) is 23.2 Å². The standard InChI is InChI=1S/C19H17ClN2O3/c1-19(14-10-6-7-11-15(14)20)17(24)22(18(25)21(19)2)12-16(23)13-8-4-3-5-9-13/h3-11H,12H2,1-2H3. The van der Waals surface area contributed by atoms with Gasteiger partial charge in [0.1, 0.15) is 5.54 Å². The van der Waals surface area contributed by atoms with Crippen LogP contribution in [0.3, 0.4) is 0 Å². The first kappa shape index (κ1) is 17.2. The molecule has 0 spiro atoms. The number of benzene rings is 2. The molecule has 2 aromatic rings. The maximum atomic E-state index is 13.0. The molecule has 0 aliphatic carbocycles. The lowest BCUT2D eigenvalue weighted by molar-refractivity contribution is -0.132. The minimum Gasteiger partial charge on any atom is -0.309 e. The van der Waals surface area contributed by atoms with E-state index in [9.17, 15) is 14.4 Å². The Hall–Kier alpha value is -2.66. The van der Waals surface area contributed by atoms with Crippen molar-refractivity contribution in [3.63, 3.8) is 0 Å². The topological polar surface area (TPSA) is 57.7 Å². The van der Waals surface area contributed by atoms with Gasteiger partial charge in [0.15, 0.2) is 5.78 Å². The number of Topliss-reactive ketones (excluding diaryl/α,β-unsaturated/α-hetero) is 1. The first-order chi connectivity index (χ1) is 11.9. The quantitative estimate of drug-likeness (QED) is 0.623. The Morgan fingerprint density at radius 3 is 2.28 bits per heavy atom. The van der Waals surface area contributed by atoms with E-state index in [0.29, 0.717) is 16.1 Å². The highest BCUT2D eigenvalue weighted by Crippen LogP contribution is 2.39. The molecule has 1 heterocycles. The van der Waals surface area contributed by atoms with Gasteiger partial charge in [-0.3, -0.25) is 14.5 Å². The molecule has 6 heteroatoms. The molecule has 0 radical (unpaired) electrons. The van der Waals surface area contributed by atoms with Crippen LogP contribution in [-0.2, 0) is 10.3 Å². The number of rotatable bonds is 4. The van der Waals surface area contributed by atoms with E-state index in [2.05, 4.69) is 0 Å². The molecule has 1 fully saturated rings. The third-order valence-corrected chi connectivity index (χ3v) is 4.98. The number of carbonyl (C=O) groups excluding carboxylic acids is 3. The molecule has 128 valence electrons. The number of ketones is 1. The van der Waals surface area contributed by atoms with E-state index in [1.54, 1.807) is 61.5 Å². The molecule has 1 aliphatic heterocycles. The van der Waals surface area contributed by atoms with Gasteiger partial charge in [-0.15, -0.1) is 0 Å². The molecule has 2 aromatic carbocycles. The molecule has 5 nitrogen and oxygen atoms in total. The lowest BCUT2D eigenvalue weighted by Gasteiger charge is -2.29. The van der Waals surface area contributed by atoms with Crippen LogP contribution >= 0.6 is 11.6 Å². The van der Waals surface area contributed by atoms with E-state index >= 15 is 0 Å². The normalized spacial score (nSPS) is 20.3. The van der Waals surface area contributed by atoms with Crippen molar-refractivity contribution in [3.8, 4) is 0 Å². The first-order valence-corrected chi connectivity index (χ1v) is 8.18. The number of imide groups is 1. The van der Waals surface area contributed by atoms with Crippen molar-refractivity contribution < 1.29 is 14.4 Å². The highest BCUT2D eigenvalue weighted by molar-refractivity contribution is 6.32. The van der Waals surface area contributed by atoms with E-state index < -0.39 is 17.5 Å². The SMILES string of the molecule is CN1C(=O)N(CC(=O)c2ccccc2)C(=O)C1(C)c1ccccc1Cl. The van der Waals surface area contributed by atoms with Crippen LogP contribution in [0, 0.1) is 0 Å². The molecule has 0 saturated carbocycles. The largest absolute Gasteiger partial charge is 0.328 e. The van der Waals surface area contributed by atoms with Crippen molar-refractivity contribution >= 4 is 29.3 Å². The summed E-state index contributed by atoms with van der Waals surface area (Å²) in [5.74, 6) is -0.753. The van der Waals surface area contributed by atoms with Crippen molar-refractivity contribution in [1.82, 2.24) is 9.80 Å². The lowest BCUT2D eigenvalue weighted by atomic mass is 9.90. The summed E-state index contributed by atoms with van der Waals surface area (Å²) in [6, 6.07) is 15.0. The molecule has 0 bridgehead atoms.